The highest BCUT2D eigenvalue weighted by Crippen LogP contribution is 2.22. The first-order valence-corrected chi connectivity index (χ1v) is 7.73. The van der Waals surface area contributed by atoms with Crippen LogP contribution in [-0.4, -0.2) is 37.1 Å². The third-order valence-corrected chi connectivity index (χ3v) is 3.71. The number of nitrogens with zero attached hydrogens (tertiary/aromatic N) is 1. The number of hydrogen-bond donors (Lipinski definition) is 2. The van der Waals surface area contributed by atoms with Crippen LogP contribution in [-0.2, 0) is 9.53 Å². The van der Waals surface area contributed by atoms with Gasteiger partial charge in [0.1, 0.15) is 18.9 Å². The smallest absolute Gasteiger partial charge is 0.414 e. The highest BCUT2D eigenvalue weighted by atomic mass is 16.6. The maximum Gasteiger partial charge on any atom is 0.414 e. The normalized spacial score (nSPS) is 14.8. The Labute approximate surface area is 143 Å². The summed E-state index contributed by atoms with van der Waals surface area (Å²) < 4.78 is 9.74. The van der Waals surface area contributed by atoms with E-state index < -0.39 is 18.0 Å². The fourth-order valence-corrected chi connectivity index (χ4v) is 2.37. The maximum atomic E-state index is 12.3. The van der Waals surface area contributed by atoms with Crippen molar-refractivity contribution in [3.05, 3.63) is 48.4 Å². The summed E-state index contributed by atoms with van der Waals surface area (Å²) in [5, 5.41) is 5.30. The second-order valence-electron chi connectivity index (χ2n) is 5.51. The second-order valence-corrected chi connectivity index (χ2v) is 5.51. The summed E-state index contributed by atoms with van der Waals surface area (Å²) in [4.78, 5) is 37.3. The molecule has 8 heteroatoms. The molecule has 1 saturated heterocycles. The van der Waals surface area contributed by atoms with Gasteiger partial charge in [-0.1, -0.05) is 6.07 Å². The number of benzene rings is 1. The van der Waals surface area contributed by atoms with Crippen LogP contribution in [0.4, 0.5) is 16.2 Å². The minimum Gasteiger partial charge on any atom is -0.472 e. The highest BCUT2D eigenvalue weighted by Gasteiger charge is 2.24. The Kier molecular flexibility index (Phi) is 4.69. The lowest BCUT2D eigenvalue weighted by Gasteiger charge is -2.16. The first-order chi connectivity index (χ1) is 12.0. The van der Waals surface area contributed by atoms with Crippen LogP contribution >= 0.6 is 0 Å². The monoisotopic (exact) mass is 343 g/mol. The number of ether oxygens (including phenoxy) is 1. The fraction of sp³-hybridized carbons (Fsp3) is 0.235. The second kappa shape index (κ2) is 7.08. The van der Waals surface area contributed by atoms with E-state index in [9.17, 15) is 14.4 Å². The molecule has 130 valence electrons. The van der Waals surface area contributed by atoms with Crippen LogP contribution in [0.25, 0.3) is 0 Å². The summed E-state index contributed by atoms with van der Waals surface area (Å²) in [7, 11) is 0. The maximum absolute atomic E-state index is 12.3. The van der Waals surface area contributed by atoms with E-state index in [1.54, 1.807) is 31.2 Å². The van der Waals surface area contributed by atoms with Crippen molar-refractivity contribution < 1.29 is 23.5 Å². The van der Waals surface area contributed by atoms with Crippen LogP contribution < -0.4 is 15.5 Å². The third kappa shape index (κ3) is 3.79. The number of rotatable bonds is 5. The van der Waals surface area contributed by atoms with Crippen LogP contribution in [0, 0.1) is 0 Å². The van der Waals surface area contributed by atoms with Gasteiger partial charge in [0.25, 0.3) is 5.91 Å². The molecule has 2 N–H and O–H groups in total. The van der Waals surface area contributed by atoms with Crippen LogP contribution in [0.5, 0.6) is 0 Å². The zero-order valence-electron chi connectivity index (χ0n) is 13.5. The Morgan fingerprint density at radius 2 is 2.12 bits per heavy atom. The Bertz CT molecular complexity index is 787. The molecule has 0 spiro atoms. The van der Waals surface area contributed by atoms with Gasteiger partial charge in [0, 0.05) is 11.4 Å². The number of nitrogens with one attached hydrogen (secondary N) is 2. The lowest BCUT2D eigenvalue weighted by Crippen LogP contribution is -2.41. The Hall–Kier alpha value is -3.29. The average Bonchev–Trinajstić information content (AvgIpc) is 3.26. The van der Waals surface area contributed by atoms with Gasteiger partial charge in [0.2, 0.25) is 5.91 Å². The van der Waals surface area contributed by atoms with Gasteiger partial charge in [0.15, 0.2) is 0 Å². The van der Waals surface area contributed by atoms with E-state index in [-0.39, 0.29) is 5.91 Å². The van der Waals surface area contributed by atoms with Gasteiger partial charge in [-0.25, -0.2) is 4.79 Å². The van der Waals surface area contributed by atoms with Gasteiger partial charge in [0.05, 0.1) is 18.4 Å². The Balaban J connectivity index is 1.62. The average molecular weight is 343 g/mol. The van der Waals surface area contributed by atoms with Crippen molar-refractivity contribution in [3.8, 4) is 0 Å². The van der Waals surface area contributed by atoms with Crippen molar-refractivity contribution in [2.75, 3.05) is 23.4 Å². The molecule has 1 aliphatic heterocycles. The van der Waals surface area contributed by atoms with Crippen molar-refractivity contribution >= 4 is 29.3 Å². The number of amides is 3. The largest absolute Gasteiger partial charge is 0.472 e. The van der Waals surface area contributed by atoms with Crippen molar-refractivity contribution in [3.63, 3.8) is 0 Å². The number of carbonyl (C=O) groups excluding carboxylic acids is 3. The van der Waals surface area contributed by atoms with Gasteiger partial charge < -0.3 is 19.8 Å². The molecule has 0 bridgehead atoms. The molecule has 0 unspecified atom stereocenters. The van der Waals surface area contributed by atoms with E-state index in [0.29, 0.717) is 30.1 Å². The molecule has 3 amide bonds. The molecule has 1 atom stereocenters. The molecule has 0 radical (unpaired) electrons. The van der Waals surface area contributed by atoms with Crippen LogP contribution in [0.1, 0.15) is 17.3 Å². The molecule has 1 aliphatic rings. The summed E-state index contributed by atoms with van der Waals surface area (Å²) in [5.74, 6) is -0.775. The zero-order chi connectivity index (χ0) is 17.8. The summed E-state index contributed by atoms with van der Waals surface area (Å²) in [6.45, 7) is 2.38. The predicted molar refractivity (Wildman–Crippen MR) is 89.4 cm³/mol. The first-order valence-electron chi connectivity index (χ1n) is 7.73. The van der Waals surface area contributed by atoms with E-state index in [1.807, 2.05) is 0 Å². The van der Waals surface area contributed by atoms with Gasteiger partial charge in [-0.05, 0) is 31.2 Å². The molecule has 1 fully saturated rings. The molecule has 8 nitrogen and oxygen atoms in total. The van der Waals surface area contributed by atoms with Crippen molar-refractivity contribution in [1.82, 2.24) is 5.32 Å². The molecule has 3 rings (SSSR count). The summed E-state index contributed by atoms with van der Waals surface area (Å²) in [6, 6.07) is 7.63. The topological polar surface area (TPSA) is 101 Å². The molecule has 0 saturated carbocycles. The number of furan rings is 1. The number of anilines is 2. The molecular weight excluding hydrogens is 326 g/mol. The van der Waals surface area contributed by atoms with E-state index in [1.165, 1.54) is 23.5 Å². The Morgan fingerprint density at radius 1 is 1.28 bits per heavy atom. The number of cyclic esters (lactones) is 1. The van der Waals surface area contributed by atoms with Crippen LogP contribution in [0.3, 0.4) is 0 Å². The molecule has 2 aromatic rings. The first kappa shape index (κ1) is 16.6. The predicted octanol–water partition coefficient (Wildman–Crippen LogP) is 1.99. The van der Waals surface area contributed by atoms with Crippen molar-refractivity contribution in [1.29, 1.82) is 0 Å². The van der Waals surface area contributed by atoms with Gasteiger partial charge >= 0.3 is 6.09 Å². The van der Waals surface area contributed by atoms with E-state index in [4.69, 9.17) is 9.15 Å². The van der Waals surface area contributed by atoms with Crippen LogP contribution in [0.15, 0.2) is 47.3 Å². The summed E-state index contributed by atoms with van der Waals surface area (Å²) in [5.41, 5.74) is 1.50. The van der Waals surface area contributed by atoms with E-state index >= 15 is 0 Å². The number of carbonyl (C=O) groups is 3. The SMILES string of the molecule is C[C@H](NC(=O)c1ccoc1)C(=O)Nc1cccc(N2CCOC2=O)c1. The molecule has 25 heavy (non-hydrogen) atoms. The van der Waals surface area contributed by atoms with Crippen LogP contribution in [0.2, 0.25) is 0 Å². The summed E-state index contributed by atoms with van der Waals surface area (Å²) >= 11 is 0. The molecule has 1 aromatic carbocycles. The highest BCUT2D eigenvalue weighted by molar-refractivity contribution is 6.01. The number of hydrogen-bond acceptors (Lipinski definition) is 5. The molecular formula is C17H17N3O5. The third-order valence-electron chi connectivity index (χ3n) is 3.71. The van der Waals surface area contributed by atoms with E-state index in [2.05, 4.69) is 10.6 Å². The molecule has 0 aliphatic carbocycles. The fourth-order valence-electron chi connectivity index (χ4n) is 2.37. The van der Waals surface area contributed by atoms with Crippen molar-refractivity contribution in [2.24, 2.45) is 0 Å². The standard InChI is InChI=1S/C17H17N3O5/c1-11(18-16(22)12-5-7-24-10-12)15(21)19-13-3-2-4-14(9-13)20-6-8-25-17(20)23/h2-5,7,9-11H,6,8H2,1H3,(H,18,22)(H,19,21)/t11-/m0/s1. The quantitative estimate of drug-likeness (QED) is 0.865. The lowest BCUT2D eigenvalue weighted by atomic mass is 10.2. The van der Waals surface area contributed by atoms with E-state index in [0.717, 1.165) is 0 Å². The van der Waals surface area contributed by atoms with Gasteiger partial charge in [-0.15, -0.1) is 0 Å². The zero-order valence-corrected chi connectivity index (χ0v) is 13.5. The van der Waals surface area contributed by atoms with Gasteiger partial charge in [-0.2, -0.15) is 0 Å². The minimum absolute atomic E-state index is 0.340. The van der Waals surface area contributed by atoms with Gasteiger partial charge in [-0.3, -0.25) is 14.5 Å². The summed E-state index contributed by atoms with van der Waals surface area (Å²) in [6.07, 6.45) is 2.27. The minimum atomic E-state index is -0.747. The molecule has 2 heterocycles. The lowest BCUT2D eigenvalue weighted by molar-refractivity contribution is -0.117. The molecule has 1 aromatic heterocycles. The Morgan fingerprint density at radius 3 is 2.80 bits per heavy atom. The van der Waals surface area contributed by atoms with Crippen molar-refractivity contribution in [2.45, 2.75) is 13.0 Å².